The van der Waals surface area contributed by atoms with Crippen molar-refractivity contribution in [3.8, 4) is 45.3 Å². The number of allylic oxidation sites excluding steroid dienone is 2. The molecule has 0 fully saturated rings. The summed E-state index contributed by atoms with van der Waals surface area (Å²) in [4.78, 5) is 18.7. The van der Waals surface area contributed by atoms with Crippen molar-refractivity contribution in [2.24, 2.45) is 0 Å². The molecule has 34 heavy (non-hydrogen) atoms. The van der Waals surface area contributed by atoms with Crippen molar-refractivity contribution in [3.63, 3.8) is 0 Å². The van der Waals surface area contributed by atoms with Gasteiger partial charge < -0.3 is 0 Å². The Morgan fingerprint density at radius 2 is 1.06 bits per heavy atom. The third-order valence-corrected chi connectivity index (χ3v) is 5.52. The van der Waals surface area contributed by atoms with Crippen LogP contribution in [0.4, 0.5) is 0 Å². The quantitative estimate of drug-likeness (QED) is 0.265. The van der Waals surface area contributed by atoms with Crippen LogP contribution in [0, 0.1) is 0 Å². The van der Waals surface area contributed by atoms with E-state index in [-0.39, 0.29) is 0 Å². The van der Waals surface area contributed by atoms with Gasteiger partial charge in [0.2, 0.25) is 0 Å². The van der Waals surface area contributed by atoms with Gasteiger partial charge in [0.25, 0.3) is 0 Å². The number of hydrogen-bond donors (Lipinski definition) is 0. The second kappa shape index (κ2) is 9.43. The van der Waals surface area contributed by atoms with E-state index < -0.39 is 0 Å². The van der Waals surface area contributed by atoms with E-state index in [2.05, 4.69) is 30.3 Å². The lowest BCUT2D eigenvalue weighted by Gasteiger charge is -2.12. The molecule has 0 saturated heterocycles. The van der Waals surface area contributed by atoms with E-state index in [0.717, 1.165) is 39.0 Å². The van der Waals surface area contributed by atoms with Crippen molar-refractivity contribution < 1.29 is 0 Å². The van der Waals surface area contributed by atoms with Gasteiger partial charge in [-0.15, -0.1) is 0 Å². The Morgan fingerprint density at radius 3 is 1.59 bits per heavy atom. The van der Waals surface area contributed by atoms with Gasteiger partial charge in [-0.05, 0) is 52.6 Å². The molecule has 0 spiro atoms. The SMILES string of the molecule is C=CC(=C)c1cc(-c2ccncc2)cc(-c2nc(-c3ccccc3)nc(-c3ccccc3)n2)c1. The lowest BCUT2D eigenvalue weighted by atomic mass is 9.96. The fourth-order valence-electron chi connectivity index (χ4n) is 3.71. The molecule has 5 rings (SSSR count). The van der Waals surface area contributed by atoms with Crippen LogP contribution in [0.3, 0.4) is 0 Å². The number of benzene rings is 3. The Kier molecular flexibility index (Phi) is 5.87. The van der Waals surface area contributed by atoms with Crippen LogP contribution in [-0.2, 0) is 0 Å². The standard InChI is InChI=1S/C30H22N4/c1-3-21(2)25-18-26(22-14-16-31-17-15-22)20-27(19-25)30-33-28(23-10-6-4-7-11-23)32-29(34-30)24-12-8-5-9-13-24/h3-20H,1-2H2. The average Bonchev–Trinajstić information content (AvgIpc) is 2.93. The minimum atomic E-state index is 0.599. The van der Waals surface area contributed by atoms with Crippen LogP contribution >= 0.6 is 0 Å². The van der Waals surface area contributed by atoms with Crippen molar-refractivity contribution in [2.75, 3.05) is 0 Å². The molecule has 0 aliphatic carbocycles. The molecular weight excluding hydrogens is 416 g/mol. The van der Waals surface area contributed by atoms with Crippen molar-refractivity contribution >= 4 is 5.57 Å². The van der Waals surface area contributed by atoms with Crippen LogP contribution in [-0.4, -0.2) is 19.9 Å². The number of aromatic nitrogens is 4. The summed E-state index contributed by atoms with van der Waals surface area (Å²) in [6.07, 6.45) is 5.33. The Balaban J connectivity index is 1.74. The largest absolute Gasteiger partial charge is 0.265 e. The maximum atomic E-state index is 4.87. The molecular formula is C30H22N4. The smallest absolute Gasteiger partial charge is 0.164 e. The molecule has 2 heterocycles. The maximum Gasteiger partial charge on any atom is 0.164 e. The highest BCUT2D eigenvalue weighted by Crippen LogP contribution is 2.31. The molecule has 0 aliphatic rings. The fourth-order valence-corrected chi connectivity index (χ4v) is 3.71. The normalized spacial score (nSPS) is 10.6. The van der Waals surface area contributed by atoms with Gasteiger partial charge >= 0.3 is 0 Å². The second-order valence-electron chi connectivity index (χ2n) is 7.80. The summed E-state index contributed by atoms with van der Waals surface area (Å²) in [6.45, 7) is 8.06. The lowest BCUT2D eigenvalue weighted by Crippen LogP contribution is -2.00. The van der Waals surface area contributed by atoms with Crippen molar-refractivity contribution in [2.45, 2.75) is 0 Å². The summed E-state index contributed by atoms with van der Waals surface area (Å²) in [7, 11) is 0. The molecule has 0 amide bonds. The zero-order valence-corrected chi connectivity index (χ0v) is 18.6. The van der Waals surface area contributed by atoms with Gasteiger partial charge in [-0.1, -0.05) is 79.9 Å². The monoisotopic (exact) mass is 438 g/mol. The minimum absolute atomic E-state index is 0.599. The zero-order valence-electron chi connectivity index (χ0n) is 18.6. The van der Waals surface area contributed by atoms with Gasteiger partial charge in [0.05, 0.1) is 0 Å². The van der Waals surface area contributed by atoms with E-state index in [4.69, 9.17) is 15.0 Å². The Morgan fingerprint density at radius 1 is 0.559 bits per heavy atom. The average molecular weight is 439 g/mol. The summed E-state index contributed by atoms with van der Waals surface area (Å²) >= 11 is 0. The summed E-state index contributed by atoms with van der Waals surface area (Å²) < 4.78 is 0. The van der Waals surface area contributed by atoms with Crippen LogP contribution in [0.1, 0.15) is 5.56 Å². The van der Waals surface area contributed by atoms with Gasteiger partial charge in [-0.25, -0.2) is 15.0 Å². The molecule has 0 N–H and O–H groups in total. The summed E-state index contributed by atoms with van der Waals surface area (Å²) in [5, 5.41) is 0. The number of pyridine rings is 1. The van der Waals surface area contributed by atoms with Gasteiger partial charge in [-0.3, -0.25) is 4.98 Å². The molecule has 0 aliphatic heterocycles. The molecule has 0 radical (unpaired) electrons. The van der Waals surface area contributed by atoms with Crippen LogP contribution in [0.5, 0.6) is 0 Å². The van der Waals surface area contributed by atoms with Crippen molar-refractivity contribution in [1.29, 1.82) is 0 Å². The number of rotatable bonds is 6. The fraction of sp³-hybridized carbons (Fsp3) is 0. The molecule has 162 valence electrons. The van der Waals surface area contributed by atoms with Gasteiger partial charge in [0, 0.05) is 29.1 Å². The topological polar surface area (TPSA) is 51.6 Å². The molecule has 2 aromatic heterocycles. The molecule has 3 aromatic carbocycles. The highest BCUT2D eigenvalue weighted by Gasteiger charge is 2.14. The van der Waals surface area contributed by atoms with E-state index in [1.165, 1.54) is 0 Å². The maximum absolute atomic E-state index is 4.87. The minimum Gasteiger partial charge on any atom is -0.265 e. The molecule has 0 bridgehead atoms. The summed E-state index contributed by atoms with van der Waals surface area (Å²) in [5.41, 5.74) is 6.62. The molecule has 0 saturated carbocycles. The zero-order chi connectivity index (χ0) is 23.3. The molecule has 4 heteroatoms. The third kappa shape index (κ3) is 4.43. The van der Waals surface area contributed by atoms with E-state index in [9.17, 15) is 0 Å². The van der Waals surface area contributed by atoms with Crippen molar-refractivity contribution in [1.82, 2.24) is 19.9 Å². The summed E-state index contributed by atoms with van der Waals surface area (Å²) in [5.74, 6) is 1.85. The molecule has 4 nitrogen and oxygen atoms in total. The molecule has 5 aromatic rings. The Hall–Kier alpha value is -4.70. The van der Waals surface area contributed by atoms with E-state index in [1.807, 2.05) is 78.9 Å². The first-order valence-electron chi connectivity index (χ1n) is 11.0. The van der Waals surface area contributed by atoms with E-state index in [0.29, 0.717) is 17.5 Å². The predicted octanol–water partition coefficient (Wildman–Crippen LogP) is 7.13. The van der Waals surface area contributed by atoms with Crippen molar-refractivity contribution in [3.05, 3.63) is 128 Å². The second-order valence-corrected chi connectivity index (χ2v) is 7.80. The van der Waals surface area contributed by atoms with Gasteiger partial charge in [0.15, 0.2) is 17.5 Å². The van der Waals surface area contributed by atoms with Crippen LogP contribution in [0.15, 0.2) is 123 Å². The van der Waals surface area contributed by atoms with E-state index >= 15 is 0 Å². The predicted molar refractivity (Wildman–Crippen MR) is 139 cm³/mol. The van der Waals surface area contributed by atoms with E-state index in [1.54, 1.807) is 18.5 Å². The molecule has 0 atom stereocenters. The lowest BCUT2D eigenvalue weighted by molar-refractivity contribution is 1.07. The van der Waals surface area contributed by atoms with Gasteiger partial charge in [-0.2, -0.15) is 0 Å². The van der Waals surface area contributed by atoms with Crippen LogP contribution in [0.25, 0.3) is 50.9 Å². The Labute approximate surface area is 199 Å². The molecule has 0 unspecified atom stereocenters. The summed E-state index contributed by atoms with van der Waals surface area (Å²) in [6, 6.07) is 30.1. The third-order valence-electron chi connectivity index (χ3n) is 5.52. The Bertz CT molecular complexity index is 1400. The highest BCUT2D eigenvalue weighted by atomic mass is 15.0. The highest BCUT2D eigenvalue weighted by molar-refractivity contribution is 5.81. The van der Waals surface area contributed by atoms with Crippen LogP contribution in [0.2, 0.25) is 0 Å². The number of nitrogens with zero attached hydrogens (tertiary/aromatic N) is 4. The van der Waals surface area contributed by atoms with Gasteiger partial charge in [0.1, 0.15) is 0 Å². The first kappa shape index (κ1) is 21.2. The number of hydrogen-bond acceptors (Lipinski definition) is 4. The van der Waals surface area contributed by atoms with Crippen LogP contribution < -0.4 is 0 Å². The first-order valence-corrected chi connectivity index (χ1v) is 11.0. The first-order chi connectivity index (χ1) is 16.7.